The first-order valence-electron chi connectivity index (χ1n) is 22.6. The summed E-state index contributed by atoms with van der Waals surface area (Å²) >= 11 is 0. The highest BCUT2D eigenvalue weighted by Crippen LogP contribution is 2.39. The molecule has 0 aromatic heterocycles. The van der Waals surface area contributed by atoms with Crippen molar-refractivity contribution in [2.24, 2.45) is 35.3 Å². The first-order valence-corrected chi connectivity index (χ1v) is 22.6. The number of nitrogens with two attached hydrogens (primary N) is 1. The van der Waals surface area contributed by atoms with Gasteiger partial charge in [0.2, 0.25) is 5.79 Å². The minimum atomic E-state index is -2.48. The number of ketones is 2. The topological polar surface area (TPSA) is 164 Å². The Morgan fingerprint density at radius 1 is 0.967 bits per heavy atom. The van der Waals surface area contributed by atoms with Crippen molar-refractivity contribution in [2.75, 3.05) is 20.8 Å². The van der Waals surface area contributed by atoms with Gasteiger partial charge in [0.05, 0.1) is 12.2 Å². The first kappa shape index (κ1) is 48.4. The molecular formula is C49H72N2O10. The molecule has 2 saturated heterocycles. The van der Waals surface area contributed by atoms with E-state index in [1.165, 1.54) is 4.90 Å². The van der Waals surface area contributed by atoms with Crippen LogP contribution in [0, 0.1) is 29.6 Å². The van der Waals surface area contributed by atoms with Crippen molar-refractivity contribution in [2.45, 2.75) is 160 Å². The average Bonchev–Trinajstić information content (AvgIpc) is 3.24. The van der Waals surface area contributed by atoms with Gasteiger partial charge in [0.15, 0.2) is 0 Å². The number of amides is 1. The number of benzene rings is 1. The van der Waals surface area contributed by atoms with Gasteiger partial charge in [-0.15, -0.1) is 6.58 Å². The number of ether oxygens (including phenoxy) is 5. The Kier molecular flexibility index (Phi) is 17.5. The van der Waals surface area contributed by atoms with Gasteiger partial charge in [-0.05, 0) is 120 Å². The number of nitrogens with zero attached hydrogens (tertiary/aromatic N) is 1. The first-order chi connectivity index (χ1) is 29.1. The molecule has 5 rings (SSSR count). The molecule has 338 valence electrons. The van der Waals surface area contributed by atoms with Gasteiger partial charge in [-0.1, -0.05) is 62.8 Å². The second-order valence-corrected chi connectivity index (χ2v) is 18.4. The zero-order chi connectivity index (χ0) is 44.4. The Morgan fingerprint density at radius 2 is 1.67 bits per heavy atom. The quantitative estimate of drug-likeness (QED) is 0.156. The number of methoxy groups -OCH3 is 2. The van der Waals surface area contributed by atoms with Crippen LogP contribution in [-0.4, -0.2) is 103 Å². The number of Topliss-reactive ketones (excluding diaryl/α,β-unsaturated/α-hetero) is 2. The minimum absolute atomic E-state index is 0.0635. The van der Waals surface area contributed by atoms with Gasteiger partial charge in [-0.3, -0.25) is 14.4 Å². The molecule has 61 heavy (non-hydrogen) atoms. The molecule has 12 nitrogen and oxygen atoms in total. The SMILES string of the molecule is C=CCC1C=C(C)CC(C)CC(OC)C2OC(O)(C(=O)C(=O)N3CCCCC3C(=O)OC(C(C)=CC3CCC(N)C(Oc4ccccc4)C3)C(C)CCC1=O)C(C)CC2OC. The fraction of sp³-hybridized carbons (Fsp3) is 0.673. The van der Waals surface area contributed by atoms with Crippen molar-refractivity contribution in [3.8, 4) is 5.75 Å². The molecule has 3 N–H and O–H groups in total. The molecule has 0 radical (unpaired) electrons. The summed E-state index contributed by atoms with van der Waals surface area (Å²) in [5, 5.41) is 12.1. The van der Waals surface area contributed by atoms with Gasteiger partial charge in [0, 0.05) is 45.1 Å². The van der Waals surface area contributed by atoms with Gasteiger partial charge in [-0.25, -0.2) is 4.79 Å². The zero-order valence-electron chi connectivity index (χ0n) is 37.6. The summed E-state index contributed by atoms with van der Waals surface area (Å²) in [6, 6.07) is 8.46. The molecule has 3 heterocycles. The molecule has 13 unspecified atom stereocenters. The number of hydrogen-bond acceptors (Lipinski definition) is 11. The van der Waals surface area contributed by atoms with E-state index in [-0.39, 0.29) is 61.0 Å². The Bertz CT molecular complexity index is 1730. The van der Waals surface area contributed by atoms with E-state index in [9.17, 15) is 24.3 Å². The van der Waals surface area contributed by atoms with E-state index in [0.717, 1.165) is 29.7 Å². The maximum absolute atomic E-state index is 14.5. The summed E-state index contributed by atoms with van der Waals surface area (Å²) in [6.07, 6.45) is 9.48. The van der Waals surface area contributed by atoms with Crippen molar-refractivity contribution < 1.29 is 48.0 Å². The number of carbonyl (C=O) groups excluding carboxylic acids is 4. The molecule has 1 amide bonds. The monoisotopic (exact) mass is 849 g/mol. The average molecular weight is 849 g/mol. The third kappa shape index (κ3) is 12.1. The number of para-hydroxylation sites is 1. The van der Waals surface area contributed by atoms with Crippen molar-refractivity contribution >= 4 is 23.4 Å². The third-order valence-electron chi connectivity index (χ3n) is 13.6. The molecule has 13 atom stereocenters. The molecule has 1 aliphatic carbocycles. The lowest BCUT2D eigenvalue weighted by molar-refractivity contribution is -0.302. The number of carbonyl (C=O) groups is 4. The third-order valence-corrected chi connectivity index (χ3v) is 13.6. The van der Waals surface area contributed by atoms with Crippen molar-refractivity contribution in [3.63, 3.8) is 0 Å². The standard InChI is InChI=1S/C49H72N2O10/c1-9-15-36-25-30(2)24-31(3)26-42(57-7)45-43(58-8)28-34(6)49(56,61-45)46(53)47(54)51-23-14-13-18-39(51)48(55)60-44(32(4)19-22-40(36)52)33(5)27-35-20-21-38(50)41(29-35)59-37-16-11-10-12-17-37/h9-12,16-17,25,27,31-32,34-36,38-39,41-45,56H,1,13-15,18-24,26,28-29,50H2,2-8H3. The van der Waals surface area contributed by atoms with Crippen LogP contribution in [0.25, 0.3) is 0 Å². The van der Waals surface area contributed by atoms with Crippen LogP contribution in [0.2, 0.25) is 0 Å². The van der Waals surface area contributed by atoms with Crippen LogP contribution in [-0.2, 0) is 38.1 Å². The van der Waals surface area contributed by atoms with E-state index in [4.69, 9.17) is 29.4 Å². The van der Waals surface area contributed by atoms with E-state index in [2.05, 4.69) is 19.6 Å². The minimum Gasteiger partial charge on any atom is -0.489 e. The summed E-state index contributed by atoms with van der Waals surface area (Å²) in [7, 11) is 3.10. The summed E-state index contributed by atoms with van der Waals surface area (Å²) in [5.74, 6) is -5.63. The highest BCUT2D eigenvalue weighted by Gasteiger charge is 2.56. The lowest BCUT2D eigenvalue weighted by Crippen LogP contribution is -2.64. The summed E-state index contributed by atoms with van der Waals surface area (Å²) < 4.78 is 30.9. The van der Waals surface area contributed by atoms with E-state index in [1.54, 1.807) is 27.2 Å². The maximum atomic E-state index is 14.5. The van der Waals surface area contributed by atoms with Crippen LogP contribution < -0.4 is 10.5 Å². The fourth-order valence-corrected chi connectivity index (χ4v) is 10.0. The number of aliphatic hydroxyl groups is 1. The molecule has 3 aliphatic heterocycles. The van der Waals surface area contributed by atoms with Crippen LogP contribution in [0.5, 0.6) is 5.75 Å². The zero-order valence-corrected chi connectivity index (χ0v) is 37.6. The van der Waals surface area contributed by atoms with E-state index < -0.39 is 59.8 Å². The summed E-state index contributed by atoms with van der Waals surface area (Å²) in [6.45, 7) is 13.8. The normalized spacial score (nSPS) is 36.8. The predicted molar refractivity (Wildman–Crippen MR) is 233 cm³/mol. The number of fused-ring (bicyclic) bond motifs is 3. The Hall–Kier alpha value is -3.68. The number of piperidine rings is 1. The van der Waals surface area contributed by atoms with E-state index in [1.807, 2.05) is 57.2 Å². The smallest absolute Gasteiger partial charge is 0.329 e. The van der Waals surface area contributed by atoms with Crippen LogP contribution in [0.15, 0.2) is 66.3 Å². The molecule has 0 spiro atoms. The van der Waals surface area contributed by atoms with Crippen molar-refractivity contribution in [1.29, 1.82) is 0 Å². The second-order valence-electron chi connectivity index (χ2n) is 18.4. The van der Waals surface area contributed by atoms with Crippen LogP contribution in [0.4, 0.5) is 0 Å². The summed E-state index contributed by atoms with van der Waals surface area (Å²) in [5.41, 5.74) is 8.44. The fourth-order valence-electron chi connectivity index (χ4n) is 10.0. The van der Waals surface area contributed by atoms with Gasteiger partial charge in [0.1, 0.15) is 35.9 Å². The Morgan fingerprint density at radius 3 is 2.36 bits per heavy atom. The number of cyclic esters (lactones) is 1. The summed E-state index contributed by atoms with van der Waals surface area (Å²) in [4.78, 5) is 58.3. The van der Waals surface area contributed by atoms with Crippen LogP contribution in [0.3, 0.4) is 0 Å². The van der Waals surface area contributed by atoms with Gasteiger partial charge in [-0.2, -0.15) is 0 Å². The molecule has 3 fully saturated rings. The van der Waals surface area contributed by atoms with Crippen molar-refractivity contribution in [3.05, 3.63) is 66.3 Å². The predicted octanol–water partition coefficient (Wildman–Crippen LogP) is 7.07. The molecule has 2 bridgehead atoms. The van der Waals surface area contributed by atoms with Crippen LogP contribution in [0.1, 0.15) is 112 Å². The number of allylic oxidation sites excluding steroid dienone is 4. The lowest BCUT2D eigenvalue weighted by Gasteiger charge is -2.47. The van der Waals surface area contributed by atoms with Crippen LogP contribution >= 0.6 is 0 Å². The van der Waals surface area contributed by atoms with E-state index in [0.29, 0.717) is 51.4 Å². The van der Waals surface area contributed by atoms with Gasteiger partial charge < -0.3 is 39.4 Å². The molecular weight excluding hydrogens is 777 g/mol. The molecule has 1 aromatic carbocycles. The Labute approximate surface area is 363 Å². The molecule has 12 heteroatoms. The number of esters is 1. The Balaban J connectivity index is 1.49. The highest BCUT2D eigenvalue weighted by atomic mass is 16.7. The van der Waals surface area contributed by atoms with Crippen molar-refractivity contribution in [1.82, 2.24) is 4.90 Å². The largest absolute Gasteiger partial charge is 0.489 e. The molecule has 1 saturated carbocycles. The van der Waals surface area contributed by atoms with E-state index >= 15 is 0 Å². The number of rotatable bonds is 8. The van der Waals surface area contributed by atoms with Gasteiger partial charge >= 0.3 is 5.97 Å². The second kappa shape index (κ2) is 22.1. The maximum Gasteiger partial charge on any atom is 0.329 e. The molecule has 4 aliphatic rings. The highest BCUT2D eigenvalue weighted by molar-refractivity contribution is 6.39. The van der Waals surface area contributed by atoms with Gasteiger partial charge in [0.25, 0.3) is 11.7 Å². The lowest BCUT2D eigenvalue weighted by atomic mass is 9.81. The molecule has 1 aromatic rings. The number of hydrogen-bond donors (Lipinski definition) is 2.